The van der Waals surface area contributed by atoms with Crippen LogP contribution < -0.4 is 20.5 Å². The summed E-state index contributed by atoms with van der Waals surface area (Å²) in [5.41, 5.74) is 6.08. The van der Waals surface area contributed by atoms with Crippen LogP contribution in [-0.4, -0.2) is 37.9 Å². The van der Waals surface area contributed by atoms with E-state index in [-0.39, 0.29) is 25.0 Å². The summed E-state index contributed by atoms with van der Waals surface area (Å²) in [4.78, 5) is 12.0. The fourth-order valence-electron chi connectivity index (χ4n) is 1.84. The molecule has 0 spiro atoms. The Labute approximate surface area is 125 Å². The maximum absolute atomic E-state index is 12.0. The number of methoxy groups -OCH3 is 1. The zero-order chi connectivity index (χ0) is 15.7. The second-order valence-corrected chi connectivity index (χ2v) is 4.76. The number of nitrogens with one attached hydrogen (secondary N) is 1. The average molecular weight is 296 g/mol. The number of carbonyl (C=O) groups excluding carboxylic acids is 1. The minimum Gasteiger partial charge on any atom is -0.493 e. The van der Waals surface area contributed by atoms with Gasteiger partial charge in [-0.1, -0.05) is 6.92 Å². The van der Waals surface area contributed by atoms with Crippen LogP contribution >= 0.6 is 0 Å². The van der Waals surface area contributed by atoms with Gasteiger partial charge in [0.2, 0.25) is 5.91 Å². The topological polar surface area (TPSA) is 93.8 Å². The van der Waals surface area contributed by atoms with Gasteiger partial charge in [-0.15, -0.1) is 0 Å². The third kappa shape index (κ3) is 5.61. The Morgan fingerprint density at radius 2 is 2.19 bits per heavy atom. The lowest BCUT2D eigenvalue weighted by atomic mass is 10.0. The molecule has 6 nitrogen and oxygen atoms in total. The highest BCUT2D eigenvalue weighted by Gasteiger charge is 2.14. The highest BCUT2D eigenvalue weighted by Crippen LogP contribution is 2.30. The number of aliphatic hydroxyl groups excluding tert-OH is 1. The molecule has 0 radical (unpaired) electrons. The number of nitrogens with two attached hydrogens (primary N) is 1. The van der Waals surface area contributed by atoms with Crippen molar-refractivity contribution in [1.82, 2.24) is 0 Å². The smallest absolute Gasteiger partial charge is 0.227 e. The van der Waals surface area contributed by atoms with Crippen molar-refractivity contribution < 1.29 is 19.4 Å². The first kappa shape index (κ1) is 17.3. The third-order valence-electron chi connectivity index (χ3n) is 3.07. The normalized spacial score (nSPS) is 11.8. The lowest BCUT2D eigenvalue weighted by Gasteiger charge is -2.14. The highest BCUT2D eigenvalue weighted by atomic mass is 16.5. The van der Waals surface area contributed by atoms with E-state index in [0.29, 0.717) is 23.7 Å². The minimum absolute atomic E-state index is 0.0540. The summed E-state index contributed by atoms with van der Waals surface area (Å²) in [6, 6.07) is 5.15. The molecular formula is C15H24N2O4. The van der Waals surface area contributed by atoms with Gasteiger partial charge < -0.3 is 25.6 Å². The van der Waals surface area contributed by atoms with Crippen molar-refractivity contribution in [1.29, 1.82) is 0 Å². The first-order valence-electron chi connectivity index (χ1n) is 7.05. The molecule has 0 aromatic heterocycles. The third-order valence-corrected chi connectivity index (χ3v) is 3.07. The predicted octanol–water partition coefficient (Wildman–Crippen LogP) is 1.38. The van der Waals surface area contributed by atoms with Crippen molar-refractivity contribution in [3.8, 4) is 11.5 Å². The van der Waals surface area contributed by atoms with Gasteiger partial charge in [-0.05, 0) is 31.5 Å². The summed E-state index contributed by atoms with van der Waals surface area (Å²) in [5.74, 6) is 0.885. The first-order chi connectivity index (χ1) is 10.1. The molecule has 1 aromatic carbocycles. The number of benzene rings is 1. The van der Waals surface area contributed by atoms with Crippen LogP contribution in [0.1, 0.15) is 19.8 Å². The number of ether oxygens (including phenoxy) is 2. The molecule has 1 atom stereocenters. The predicted molar refractivity (Wildman–Crippen MR) is 81.7 cm³/mol. The largest absolute Gasteiger partial charge is 0.493 e. The van der Waals surface area contributed by atoms with Crippen LogP contribution in [0.15, 0.2) is 18.2 Å². The van der Waals surface area contributed by atoms with Crippen molar-refractivity contribution in [2.24, 2.45) is 11.7 Å². The Morgan fingerprint density at radius 1 is 1.43 bits per heavy atom. The molecule has 21 heavy (non-hydrogen) atoms. The molecule has 0 saturated heterocycles. The highest BCUT2D eigenvalue weighted by molar-refractivity contribution is 5.92. The molecule has 1 unspecified atom stereocenters. The van der Waals surface area contributed by atoms with Crippen LogP contribution in [0.3, 0.4) is 0 Å². The Bertz CT molecular complexity index is 451. The second-order valence-electron chi connectivity index (χ2n) is 4.76. The van der Waals surface area contributed by atoms with E-state index in [9.17, 15) is 4.79 Å². The van der Waals surface area contributed by atoms with Crippen LogP contribution in [0.5, 0.6) is 11.5 Å². The number of carbonyl (C=O) groups is 1. The molecule has 118 valence electrons. The Hall–Kier alpha value is -1.79. The molecule has 0 bridgehead atoms. The van der Waals surface area contributed by atoms with Crippen molar-refractivity contribution >= 4 is 11.6 Å². The summed E-state index contributed by atoms with van der Waals surface area (Å²) in [5, 5.41) is 11.7. The van der Waals surface area contributed by atoms with Crippen LogP contribution in [0.2, 0.25) is 0 Å². The molecular weight excluding hydrogens is 272 g/mol. The van der Waals surface area contributed by atoms with Crippen LogP contribution in [0.25, 0.3) is 0 Å². The quantitative estimate of drug-likeness (QED) is 0.640. The van der Waals surface area contributed by atoms with Gasteiger partial charge >= 0.3 is 0 Å². The monoisotopic (exact) mass is 296 g/mol. The average Bonchev–Trinajstić information content (AvgIpc) is 2.50. The van der Waals surface area contributed by atoms with Crippen molar-refractivity contribution in [3.05, 3.63) is 18.2 Å². The molecule has 1 aromatic rings. The Kier molecular flexibility index (Phi) is 7.56. The van der Waals surface area contributed by atoms with E-state index in [0.717, 1.165) is 12.8 Å². The van der Waals surface area contributed by atoms with Crippen LogP contribution in [0, 0.1) is 5.92 Å². The van der Waals surface area contributed by atoms with Gasteiger partial charge in [0.1, 0.15) is 6.61 Å². The van der Waals surface area contributed by atoms with Gasteiger partial charge in [-0.3, -0.25) is 4.79 Å². The standard InChI is InChI=1S/C15H24N2O4/c1-11(4-3-7-16)15(19)17-12-5-6-13(20-2)14(10-12)21-9-8-18/h5-6,10-11,18H,3-4,7-9,16H2,1-2H3,(H,17,19). The van der Waals surface area contributed by atoms with Crippen LogP contribution in [-0.2, 0) is 4.79 Å². The molecule has 1 rings (SSSR count). The Morgan fingerprint density at radius 3 is 2.81 bits per heavy atom. The molecule has 0 heterocycles. The number of hydrogen-bond donors (Lipinski definition) is 3. The first-order valence-corrected chi connectivity index (χ1v) is 7.05. The van der Waals surface area contributed by atoms with Crippen LogP contribution in [0.4, 0.5) is 5.69 Å². The molecule has 0 fully saturated rings. The van der Waals surface area contributed by atoms with Gasteiger partial charge in [0, 0.05) is 17.7 Å². The molecule has 0 aliphatic heterocycles. The Balaban J connectivity index is 2.72. The van der Waals surface area contributed by atoms with Crippen molar-refractivity contribution in [3.63, 3.8) is 0 Å². The summed E-state index contributed by atoms with van der Waals surface area (Å²) in [6.07, 6.45) is 1.58. The number of hydrogen-bond acceptors (Lipinski definition) is 5. The van der Waals surface area contributed by atoms with E-state index in [1.807, 2.05) is 6.92 Å². The fourth-order valence-corrected chi connectivity index (χ4v) is 1.84. The summed E-state index contributed by atoms with van der Waals surface area (Å²) in [7, 11) is 1.54. The van der Waals surface area contributed by atoms with E-state index in [1.165, 1.54) is 7.11 Å². The fraction of sp³-hybridized carbons (Fsp3) is 0.533. The van der Waals surface area contributed by atoms with E-state index in [4.69, 9.17) is 20.3 Å². The zero-order valence-corrected chi connectivity index (χ0v) is 12.6. The summed E-state index contributed by atoms with van der Waals surface area (Å²) < 4.78 is 10.6. The maximum atomic E-state index is 12.0. The molecule has 6 heteroatoms. The van der Waals surface area contributed by atoms with Gasteiger partial charge in [0.15, 0.2) is 11.5 Å². The lowest BCUT2D eigenvalue weighted by molar-refractivity contribution is -0.119. The maximum Gasteiger partial charge on any atom is 0.227 e. The number of aliphatic hydroxyl groups is 1. The van der Waals surface area contributed by atoms with Crippen molar-refractivity contribution in [2.45, 2.75) is 19.8 Å². The number of rotatable bonds is 9. The number of amides is 1. The summed E-state index contributed by atoms with van der Waals surface area (Å²) in [6.45, 7) is 2.54. The van der Waals surface area contributed by atoms with E-state index >= 15 is 0 Å². The second kappa shape index (κ2) is 9.20. The molecule has 0 aliphatic carbocycles. The van der Waals surface area contributed by atoms with Gasteiger partial charge in [0.05, 0.1) is 13.7 Å². The SMILES string of the molecule is COc1ccc(NC(=O)C(C)CCCN)cc1OCCO. The molecule has 0 aliphatic rings. The van der Waals surface area contributed by atoms with Gasteiger partial charge in [0.25, 0.3) is 0 Å². The minimum atomic E-state index is -0.0996. The molecule has 4 N–H and O–H groups in total. The molecule has 0 saturated carbocycles. The van der Waals surface area contributed by atoms with E-state index in [1.54, 1.807) is 18.2 Å². The van der Waals surface area contributed by atoms with E-state index < -0.39 is 0 Å². The van der Waals surface area contributed by atoms with Gasteiger partial charge in [-0.25, -0.2) is 0 Å². The van der Waals surface area contributed by atoms with Crippen molar-refractivity contribution in [2.75, 3.05) is 32.2 Å². The number of anilines is 1. The molecule has 1 amide bonds. The summed E-state index contributed by atoms with van der Waals surface area (Å²) >= 11 is 0. The lowest BCUT2D eigenvalue weighted by Crippen LogP contribution is -2.21. The van der Waals surface area contributed by atoms with E-state index in [2.05, 4.69) is 5.32 Å². The zero-order valence-electron chi connectivity index (χ0n) is 12.6. The van der Waals surface area contributed by atoms with Gasteiger partial charge in [-0.2, -0.15) is 0 Å².